The summed E-state index contributed by atoms with van der Waals surface area (Å²) in [5.41, 5.74) is 2.86. The maximum absolute atomic E-state index is 12.8. The molecule has 4 aliphatic rings. The molecule has 1 unspecified atom stereocenters. The van der Waals surface area contributed by atoms with Crippen molar-refractivity contribution in [2.75, 3.05) is 20.7 Å². The number of hydrogen-bond acceptors (Lipinski definition) is 6. The Bertz CT molecular complexity index is 1050. The van der Waals surface area contributed by atoms with Crippen LogP contribution in [0.5, 0.6) is 11.5 Å². The molecule has 1 aromatic heterocycles. The number of ether oxygens (including phenoxy) is 3. The molecule has 1 spiro atoms. The Labute approximate surface area is 175 Å². The van der Waals surface area contributed by atoms with Crippen molar-refractivity contribution in [1.29, 1.82) is 0 Å². The van der Waals surface area contributed by atoms with Gasteiger partial charge in [0.25, 0.3) is 0 Å². The Morgan fingerprint density at radius 1 is 1.30 bits per heavy atom. The molecule has 3 heterocycles. The Balaban J connectivity index is 1.46. The number of carbonyl (C=O) groups is 1. The second kappa shape index (κ2) is 6.32. The van der Waals surface area contributed by atoms with Crippen molar-refractivity contribution >= 4 is 5.97 Å². The van der Waals surface area contributed by atoms with E-state index in [0.717, 1.165) is 30.9 Å². The molecule has 6 heteroatoms. The molecule has 0 N–H and O–H groups in total. The minimum atomic E-state index is -0.457. The second-order valence-electron chi connectivity index (χ2n) is 8.73. The summed E-state index contributed by atoms with van der Waals surface area (Å²) in [6.45, 7) is 0.994. The molecular weight excluding hydrogens is 380 g/mol. The third-order valence-corrected chi connectivity index (χ3v) is 7.48. The van der Waals surface area contributed by atoms with Crippen LogP contribution in [0.3, 0.4) is 0 Å². The molecule has 5 atom stereocenters. The van der Waals surface area contributed by atoms with Crippen LogP contribution in [-0.4, -0.2) is 54.8 Å². The fourth-order valence-corrected chi connectivity index (χ4v) is 6.15. The van der Waals surface area contributed by atoms with Crippen LogP contribution in [-0.2, 0) is 16.6 Å². The molecule has 0 saturated carbocycles. The Morgan fingerprint density at radius 2 is 2.20 bits per heavy atom. The number of hydrogen-bond donors (Lipinski definition) is 0. The fraction of sp³-hybridized carbons (Fsp3) is 0.417. The molecule has 0 radical (unpaired) electrons. The number of likely N-dealkylation sites (tertiary alicyclic amines) is 1. The molecule has 154 valence electrons. The monoisotopic (exact) mass is 404 g/mol. The Kier molecular flexibility index (Phi) is 3.78. The lowest BCUT2D eigenvalue weighted by Gasteiger charge is -2.56. The highest BCUT2D eigenvalue weighted by molar-refractivity contribution is 5.89. The molecule has 2 aliphatic carbocycles. The smallest absolute Gasteiger partial charge is 0.340 e. The molecule has 1 aromatic carbocycles. The van der Waals surface area contributed by atoms with Gasteiger partial charge in [0.05, 0.1) is 12.7 Å². The topological polar surface area (TPSA) is 60.9 Å². The first kappa shape index (κ1) is 18.0. The number of nitrogens with zero attached hydrogens (tertiary/aromatic N) is 2. The van der Waals surface area contributed by atoms with E-state index in [-0.39, 0.29) is 17.5 Å². The van der Waals surface area contributed by atoms with E-state index in [4.69, 9.17) is 14.2 Å². The van der Waals surface area contributed by atoms with E-state index in [9.17, 15) is 4.79 Å². The average Bonchev–Trinajstić information content (AvgIpc) is 3.13. The molecule has 2 bridgehead atoms. The highest BCUT2D eigenvalue weighted by Gasteiger charge is 2.65. The van der Waals surface area contributed by atoms with E-state index in [1.54, 1.807) is 25.4 Å². The van der Waals surface area contributed by atoms with Gasteiger partial charge in [0.1, 0.15) is 6.10 Å². The lowest BCUT2D eigenvalue weighted by Crippen LogP contribution is -2.65. The summed E-state index contributed by atoms with van der Waals surface area (Å²) in [6.07, 6.45) is 8.72. The summed E-state index contributed by atoms with van der Waals surface area (Å²) in [6, 6.07) is 8.07. The molecule has 1 saturated heterocycles. The third kappa shape index (κ3) is 2.23. The zero-order valence-corrected chi connectivity index (χ0v) is 17.1. The highest BCUT2D eigenvalue weighted by Crippen LogP contribution is 2.62. The minimum Gasteiger partial charge on any atom is -0.493 e. The van der Waals surface area contributed by atoms with Crippen LogP contribution in [0.15, 0.2) is 48.8 Å². The summed E-state index contributed by atoms with van der Waals surface area (Å²) in [5.74, 6) is 1.54. The predicted octanol–water partition coefficient (Wildman–Crippen LogP) is 2.76. The number of rotatable bonds is 3. The highest BCUT2D eigenvalue weighted by atomic mass is 16.6. The lowest BCUT2D eigenvalue weighted by atomic mass is 9.53. The molecule has 0 amide bonds. The standard InChI is InChI=1S/C24H24N2O4/c1-26-11-9-24-16-6-8-19(29-23(27)15-4-3-10-25-13-15)22(24)30-21-18(28-2)7-5-14(20(21)24)12-17(16)26/h3-8,10,13,16-17,19,22H,9,11-12H2,1-2H3/t16-,17+,19?,22-,24-/m0/s1. The molecular formula is C24H24N2O4. The molecule has 6 rings (SSSR count). The van der Waals surface area contributed by atoms with Gasteiger partial charge in [-0.25, -0.2) is 4.79 Å². The van der Waals surface area contributed by atoms with Gasteiger partial charge in [-0.1, -0.05) is 12.1 Å². The molecule has 2 aliphatic heterocycles. The summed E-state index contributed by atoms with van der Waals surface area (Å²) in [4.78, 5) is 19.3. The first-order valence-corrected chi connectivity index (χ1v) is 10.5. The number of esters is 1. The van der Waals surface area contributed by atoms with Gasteiger partial charge in [-0.05, 0) is 56.3 Å². The van der Waals surface area contributed by atoms with Gasteiger partial charge in [-0.15, -0.1) is 0 Å². The molecule has 1 fully saturated rings. The van der Waals surface area contributed by atoms with Crippen molar-refractivity contribution < 1.29 is 19.0 Å². The first-order valence-electron chi connectivity index (χ1n) is 10.5. The van der Waals surface area contributed by atoms with Crippen LogP contribution >= 0.6 is 0 Å². The van der Waals surface area contributed by atoms with Gasteiger partial charge in [0.2, 0.25) is 0 Å². The van der Waals surface area contributed by atoms with E-state index in [0.29, 0.717) is 17.5 Å². The van der Waals surface area contributed by atoms with Gasteiger partial charge in [-0.2, -0.15) is 0 Å². The van der Waals surface area contributed by atoms with E-state index < -0.39 is 6.10 Å². The molecule has 30 heavy (non-hydrogen) atoms. The number of piperidine rings is 1. The predicted molar refractivity (Wildman–Crippen MR) is 110 cm³/mol. The Morgan fingerprint density at radius 3 is 3.00 bits per heavy atom. The quantitative estimate of drug-likeness (QED) is 0.579. The largest absolute Gasteiger partial charge is 0.493 e. The number of benzene rings is 1. The van der Waals surface area contributed by atoms with Crippen LogP contribution in [0, 0.1) is 5.92 Å². The second-order valence-corrected chi connectivity index (χ2v) is 8.73. The van der Waals surface area contributed by atoms with Gasteiger partial charge < -0.3 is 19.1 Å². The van der Waals surface area contributed by atoms with Crippen LogP contribution < -0.4 is 9.47 Å². The summed E-state index contributed by atoms with van der Waals surface area (Å²) in [5, 5.41) is 0. The third-order valence-electron chi connectivity index (χ3n) is 7.48. The van der Waals surface area contributed by atoms with Crippen LogP contribution in [0.25, 0.3) is 0 Å². The van der Waals surface area contributed by atoms with Crippen molar-refractivity contribution in [2.45, 2.75) is 36.5 Å². The average molecular weight is 404 g/mol. The van der Waals surface area contributed by atoms with Crippen LogP contribution in [0.2, 0.25) is 0 Å². The van der Waals surface area contributed by atoms with E-state index >= 15 is 0 Å². The minimum absolute atomic E-state index is 0.191. The van der Waals surface area contributed by atoms with E-state index in [1.165, 1.54) is 17.3 Å². The zero-order chi connectivity index (χ0) is 20.5. The summed E-state index contributed by atoms with van der Waals surface area (Å²) < 4.78 is 18.2. The molecule has 6 nitrogen and oxygen atoms in total. The molecule has 2 aromatic rings. The Hall–Kier alpha value is -2.86. The normalized spacial score (nSPS) is 32.9. The number of methoxy groups -OCH3 is 1. The van der Waals surface area contributed by atoms with Gasteiger partial charge >= 0.3 is 5.97 Å². The number of likely N-dealkylation sites (N-methyl/N-ethyl adjacent to an activating group) is 1. The summed E-state index contributed by atoms with van der Waals surface area (Å²) in [7, 11) is 3.89. The lowest BCUT2D eigenvalue weighted by molar-refractivity contribution is -0.0555. The first-order chi connectivity index (χ1) is 14.6. The number of pyridine rings is 1. The van der Waals surface area contributed by atoms with Crippen LogP contribution in [0.4, 0.5) is 0 Å². The van der Waals surface area contributed by atoms with Crippen molar-refractivity contribution in [2.24, 2.45) is 5.92 Å². The SMILES string of the molecule is COc1ccc2c3c1O[C@H]1C(OC(=O)c4cccnc4)C=C[C@H]4[C@@H](C2)N(C)CC[C@]314. The van der Waals surface area contributed by atoms with Crippen molar-refractivity contribution in [3.05, 3.63) is 65.5 Å². The van der Waals surface area contributed by atoms with E-state index in [1.807, 2.05) is 12.1 Å². The van der Waals surface area contributed by atoms with Crippen molar-refractivity contribution in [3.63, 3.8) is 0 Å². The van der Waals surface area contributed by atoms with Gasteiger partial charge in [0, 0.05) is 35.3 Å². The van der Waals surface area contributed by atoms with Gasteiger partial charge in [-0.3, -0.25) is 4.98 Å². The maximum atomic E-state index is 12.8. The number of carbonyl (C=O) groups excluding carboxylic acids is 1. The fourth-order valence-electron chi connectivity index (χ4n) is 6.15. The van der Waals surface area contributed by atoms with Crippen molar-refractivity contribution in [1.82, 2.24) is 9.88 Å². The van der Waals surface area contributed by atoms with Gasteiger partial charge in [0.15, 0.2) is 17.6 Å². The number of aromatic nitrogens is 1. The zero-order valence-electron chi connectivity index (χ0n) is 17.1. The van der Waals surface area contributed by atoms with Crippen molar-refractivity contribution in [3.8, 4) is 11.5 Å². The van der Waals surface area contributed by atoms with Crippen LogP contribution in [0.1, 0.15) is 27.9 Å². The summed E-state index contributed by atoms with van der Waals surface area (Å²) >= 11 is 0. The maximum Gasteiger partial charge on any atom is 0.340 e. The van der Waals surface area contributed by atoms with E-state index in [2.05, 4.69) is 29.1 Å².